The van der Waals surface area contributed by atoms with E-state index in [2.05, 4.69) is 17.4 Å². The molecule has 0 atom stereocenters. The molecular weight excluding hydrogens is 262 g/mol. The highest BCUT2D eigenvalue weighted by Crippen LogP contribution is 2.18. The SMILES string of the molecule is Cc1oc2ccccc2c(=O)c1NCCc1ccccc1. The lowest BCUT2D eigenvalue weighted by molar-refractivity contribution is 0.567. The van der Waals surface area contributed by atoms with Crippen molar-refractivity contribution in [2.24, 2.45) is 0 Å². The van der Waals surface area contributed by atoms with E-state index < -0.39 is 0 Å². The average molecular weight is 279 g/mol. The minimum Gasteiger partial charge on any atom is -0.459 e. The van der Waals surface area contributed by atoms with Crippen LogP contribution in [0.2, 0.25) is 0 Å². The summed E-state index contributed by atoms with van der Waals surface area (Å²) in [5.41, 5.74) is 2.44. The molecule has 3 aromatic rings. The molecule has 0 saturated heterocycles. The van der Waals surface area contributed by atoms with Crippen molar-refractivity contribution in [2.45, 2.75) is 13.3 Å². The molecule has 106 valence electrons. The Balaban J connectivity index is 1.82. The second-order valence-corrected chi connectivity index (χ2v) is 5.02. The number of anilines is 1. The van der Waals surface area contributed by atoms with Crippen LogP contribution in [0.15, 0.2) is 63.8 Å². The number of aryl methyl sites for hydroxylation is 1. The smallest absolute Gasteiger partial charge is 0.216 e. The minimum absolute atomic E-state index is 0.00223. The molecule has 21 heavy (non-hydrogen) atoms. The Morgan fingerprint density at radius 3 is 2.52 bits per heavy atom. The highest BCUT2D eigenvalue weighted by Gasteiger charge is 2.10. The van der Waals surface area contributed by atoms with Crippen molar-refractivity contribution in [3.63, 3.8) is 0 Å². The second-order valence-electron chi connectivity index (χ2n) is 5.02. The maximum atomic E-state index is 12.5. The molecule has 1 heterocycles. The molecule has 0 fully saturated rings. The van der Waals surface area contributed by atoms with Gasteiger partial charge in [-0.3, -0.25) is 4.79 Å². The first kappa shape index (κ1) is 13.4. The van der Waals surface area contributed by atoms with Gasteiger partial charge in [0.15, 0.2) is 0 Å². The van der Waals surface area contributed by atoms with Gasteiger partial charge in [0.1, 0.15) is 17.0 Å². The Hall–Kier alpha value is -2.55. The van der Waals surface area contributed by atoms with Gasteiger partial charge in [-0.25, -0.2) is 0 Å². The lowest BCUT2D eigenvalue weighted by Crippen LogP contribution is -2.15. The summed E-state index contributed by atoms with van der Waals surface area (Å²) in [5.74, 6) is 0.631. The topological polar surface area (TPSA) is 42.2 Å². The monoisotopic (exact) mass is 279 g/mol. The number of nitrogens with one attached hydrogen (secondary N) is 1. The molecule has 0 radical (unpaired) electrons. The Morgan fingerprint density at radius 2 is 1.71 bits per heavy atom. The molecule has 0 aliphatic carbocycles. The molecule has 0 spiro atoms. The molecule has 1 N–H and O–H groups in total. The Labute approximate surface area is 123 Å². The molecule has 3 nitrogen and oxygen atoms in total. The number of fused-ring (bicyclic) bond motifs is 1. The van der Waals surface area contributed by atoms with E-state index >= 15 is 0 Å². The van der Waals surface area contributed by atoms with E-state index in [9.17, 15) is 4.79 Å². The Kier molecular flexibility index (Phi) is 3.73. The molecule has 3 heteroatoms. The van der Waals surface area contributed by atoms with E-state index in [-0.39, 0.29) is 5.43 Å². The largest absolute Gasteiger partial charge is 0.459 e. The fourth-order valence-corrected chi connectivity index (χ4v) is 2.44. The molecule has 0 amide bonds. The van der Waals surface area contributed by atoms with Crippen LogP contribution in [-0.2, 0) is 6.42 Å². The number of para-hydroxylation sites is 1. The summed E-state index contributed by atoms with van der Waals surface area (Å²) in [6, 6.07) is 17.5. The van der Waals surface area contributed by atoms with Crippen molar-refractivity contribution in [3.8, 4) is 0 Å². The van der Waals surface area contributed by atoms with Crippen LogP contribution in [0.3, 0.4) is 0 Å². The van der Waals surface area contributed by atoms with Crippen LogP contribution in [0, 0.1) is 6.92 Å². The van der Waals surface area contributed by atoms with Gasteiger partial charge in [0.25, 0.3) is 0 Å². The molecule has 0 saturated carbocycles. The third-order valence-electron chi connectivity index (χ3n) is 3.53. The summed E-state index contributed by atoms with van der Waals surface area (Å²) >= 11 is 0. The molecule has 0 aliphatic rings. The fraction of sp³-hybridized carbons (Fsp3) is 0.167. The summed E-state index contributed by atoms with van der Waals surface area (Å²) < 4.78 is 5.71. The number of benzene rings is 2. The van der Waals surface area contributed by atoms with Crippen LogP contribution in [0.4, 0.5) is 5.69 Å². The van der Waals surface area contributed by atoms with Crippen molar-refractivity contribution in [3.05, 3.63) is 76.1 Å². The predicted octanol–water partition coefficient (Wildman–Crippen LogP) is 3.76. The predicted molar refractivity (Wildman–Crippen MR) is 85.9 cm³/mol. The van der Waals surface area contributed by atoms with E-state index in [0.29, 0.717) is 29.0 Å². The normalized spacial score (nSPS) is 10.7. The summed E-state index contributed by atoms with van der Waals surface area (Å²) in [6.45, 7) is 2.52. The summed E-state index contributed by atoms with van der Waals surface area (Å²) in [7, 11) is 0. The van der Waals surface area contributed by atoms with Crippen molar-refractivity contribution in [1.29, 1.82) is 0 Å². The maximum absolute atomic E-state index is 12.5. The maximum Gasteiger partial charge on any atom is 0.216 e. The van der Waals surface area contributed by atoms with Gasteiger partial charge in [-0.05, 0) is 31.0 Å². The number of hydrogen-bond acceptors (Lipinski definition) is 3. The lowest BCUT2D eigenvalue weighted by atomic mass is 10.1. The molecule has 1 aromatic heterocycles. The Morgan fingerprint density at radius 1 is 1.00 bits per heavy atom. The van der Waals surface area contributed by atoms with Gasteiger partial charge in [0.2, 0.25) is 5.43 Å². The molecule has 0 bridgehead atoms. The highest BCUT2D eigenvalue weighted by molar-refractivity contribution is 5.80. The summed E-state index contributed by atoms with van der Waals surface area (Å²) in [5, 5.41) is 3.83. The van der Waals surface area contributed by atoms with Gasteiger partial charge in [0.05, 0.1) is 5.39 Å². The van der Waals surface area contributed by atoms with Crippen LogP contribution in [0.5, 0.6) is 0 Å². The first-order chi connectivity index (χ1) is 10.3. The van der Waals surface area contributed by atoms with Crippen LogP contribution in [0.25, 0.3) is 11.0 Å². The lowest BCUT2D eigenvalue weighted by Gasteiger charge is -2.09. The number of hydrogen-bond donors (Lipinski definition) is 1. The minimum atomic E-state index is 0.00223. The fourth-order valence-electron chi connectivity index (χ4n) is 2.44. The van der Waals surface area contributed by atoms with Crippen LogP contribution in [-0.4, -0.2) is 6.54 Å². The van der Waals surface area contributed by atoms with E-state index in [4.69, 9.17) is 4.42 Å². The van der Waals surface area contributed by atoms with Crippen LogP contribution < -0.4 is 10.7 Å². The summed E-state index contributed by atoms with van der Waals surface area (Å²) in [6.07, 6.45) is 0.868. The molecule has 2 aromatic carbocycles. The van der Waals surface area contributed by atoms with Crippen molar-refractivity contribution < 1.29 is 4.42 Å². The van der Waals surface area contributed by atoms with E-state index in [0.717, 1.165) is 6.42 Å². The average Bonchev–Trinajstić information content (AvgIpc) is 2.51. The van der Waals surface area contributed by atoms with Crippen LogP contribution >= 0.6 is 0 Å². The van der Waals surface area contributed by atoms with Gasteiger partial charge < -0.3 is 9.73 Å². The highest BCUT2D eigenvalue weighted by atomic mass is 16.3. The number of rotatable bonds is 4. The zero-order chi connectivity index (χ0) is 14.7. The zero-order valence-electron chi connectivity index (χ0n) is 11.9. The second kappa shape index (κ2) is 5.83. The van der Waals surface area contributed by atoms with Crippen molar-refractivity contribution in [2.75, 3.05) is 11.9 Å². The van der Waals surface area contributed by atoms with Gasteiger partial charge in [0, 0.05) is 6.54 Å². The van der Waals surface area contributed by atoms with Crippen molar-refractivity contribution >= 4 is 16.7 Å². The molecule has 0 unspecified atom stereocenters. The third kappa shape index (κ3) is 2.82. The molecule has 0 aliphatic heterocycles. The first-order valence-corrected chi connectivity index (χ1v) is 7.06. The standard InChI is InChI=1S/C18H17NO2/c1-13-17(19-12-11-14-7-3-2-4-8-14)18(20)15-9-5-6-10-16(15)21-13/h2-10,19H,11-12H2,1H3. The van der Waals surface area contributed by atoms with Crippen molar-refractivity contribution in [1.82, 2.24) is 0 Å². The van der Waals surface area contributed by atoms with Crippen LogP contribution in [0.1, 0.15) is 11.3 Å². The van der Waals surface area contributed by atoms with E-state index in [1.54, 1.807) is 6.07 Å². The van der Waals surface area contributed by atoms with E-state index in [1.807, 2.05) is 43.3 Å². The molecular formula is C18H17NO2. The Bertz CT molecular complexity index is 806. The summed E-state index contributed by atoms with van der Waals surface area (Å²) in [4.78, 5) is 12.5. The molecule has 3 rings (SSSR count). The van der Waals surface area contributed by atoms with E-state index in [1.165, 1.54) is 5.56 Å². The zero-order valence-corrected chi connectivity index (χ0v) is 11.9. The third-order valence-corrected chi connectivity index (χ3v) is 3.53. The van der Waals surface area contributed by atoms with Gasteiger partial charge in [-0.1, -0.05) is 42.5 Å². The van der Waals surface area contributed by atoms with Gasteiger partial charge in [-0.15, -0.1) is 0 Å². The quantitative estimate of drug-likeness (QED) is 0.790. The van der Waals surface area contributed by atoms with Gasteiger partial charge >= 0.3 is 0 Å². The first-order valence-electron chi connectivity index (χ1n) is 7.06. The van der Waals surface area contributed by atoms with Gasteiger partial charge in [-0.2, -0.15) is 0 Å².